The van der Waals surface area contributed by atoms with Gasteiger partial charge in [-0.2, -0.15) is 0 Å². The Kier molecular flexibility index (Phi) is 6.30. The summed E-state index contributed by atoms with van der Waals surface area (Å²) in [7, 11) is 0. The third-order valence-corrected chi connectivity index (χ3v) is 2.09. The summed E-state index contributed by atoms with van der Waals surface area (Å²) in [4.78, 5) is 0. The van der Waals surface area contributed by atoms with Crippen LogP contribution in [0.2, 0.25) is 0 Å². The van der Waals surface area contributed by atoms with E-state index >= 15 is 0 Å². The first-order valence-electron chi connectivity index (χ1n) is 4.66. The predicted molar refractivity (Wildman–Crippen MR) is 52.5 cm³/mol. The number of hydrogen-bond donors (Lipinski definition) is 0. The van der Waals surface area contributed by atoms with Crippen LogP contribution in [-0.4, -0.2) is 0 Å². The molecule has 0 fully saturated rings. The number of rotatable bonds is 5. The normalized spacial score (nSPS) is 9.82. The van der Waals surface area contributed by atoms with Gasteiger partial charge in [0.15, 0.2) is 0 Å². The van der Waals surface area contributed by atoms with Crippen molar-refractivity contribution in [2.45, 2.75) is 52.9 Å². The minimum Gasteiger partial charge on any atom is -0.0772 e. The molecule has 0 spiro atoms. The van der Waals surface area contributed by atoms with Gasteiger partial charge in [0.1, 0.15) is 0 Å². The van der Waals surface area contributed by atoms with Crippen molar-refractivity contribution in [1.29, 1.82) is 0 Å². The van der Waals surface area contributed by atoms with Gasteiger partial charge in [0.25, 0.3) is 0 Å². The summed E-state index contributed by atoms with van der Waals surface area (Å²) in [6, 6.07) is 0. The molecule has 0 saturated heterocycles. The molecule has 0 aromatic carbocycles. The summed E-state index contributed by atoms with van der Waals surface area (Å²) in [6.45, 7) is 10.5. The fourth-order valence-electron chi connectivity index (χ4n) is 1.21. The Labute approximate surface area is 71.7 Å². The van der Waals surface area contributed by atoms with Crippen molar-refractivity contribution in [3.05, 3.63) is 18.1 Å². The van der Waals surface area contributed by atoms with Crippen LogP contribution in [0.25, 0.3) is 0 Å². The maximum atomic E-state index is 3.93. The van der Waals surface area contributed by atoms with Crippen molar-refractivity contribution in [2.75, 3.05) is 0 Å². The fraction of sp³-hybridized carbons (Fsp3) is 0.727. The van der Waals surface area contributed by atoms with Gasteiger partial charge in [0.2, 0.25) is 0 Å². The first kappa shape index (κ1) is 10.7. The maximum Gasteiger partial charge on any atom is -0.0318 e. The van der Waals surface area contributed by atoms with E-state index in [1.807, 2.05) is 0 Å². The van der Waals surface area contributed by atoms with E-state index in [-0.39, 0.29) is 0 Å². The molecule has 0 N–H and O–H groups in total. The summed E-state index contributed by atoms with van der Waals surface area (Å²) < 4.78 is 0. The van der Waals surface area contributed by atoms with Gasteiger partial charge in [0.05, 0.1) is 0 Å². The third-order valence-electron chi connectivity index (χ3n) is 2.09. The van der Waals surface area contributed by atoms with Crippen LogP contribution < -0.4 is 0 Å². The van der Waals surface area contributed by atoms with Crippen LogP contribution in [0.3, 0.4) is 0 Å². The van der Waals surface area contributed by atoms with Gasteiger partial charge in [-0.1, -0.05) is 30.9 Å². The van der Waals surface area contributed by atoms with Crippen molar-refractivity contribution in [2.24, 2.45) is 0 Å². The van der Waals surface area contributed by atoms with Gasteiger partial charge in [-0.25, -0.2) is 0 Å². The second-order valence-electron chi connectivity index (χ2n) is 3.31. The van der Waals surface area contributed by atoms with Gasteiger partial charge < -0.3 is 0 Å². The highest BCUT2D eigenvalue weighted by Gasteiger charge is 1.95. The molecule has 0 atom stereocenters. The van der Waals surface area contributed by atoms with E-state index < -0.39 is 0 Å². The first-order valence-corrected chi connectivity index (χ1v) is 4.66. The van der Waals surface area contributed by atoms with E-state index in [1.165, 1.54) is 31.3 Å². The highest BCUT2D eigenvalue weighted by atomic mass is 14.0. The summed E-state index contributed by atoms with van der Waals surface area (Å²) >= 11 is 0. The van der Waals surface area contributed by atoms with Crippen LogP contribution in [0.15, 0.2) is 11.1 Å². The van der Waals surface area contributed by atoms with E-state index in [0.717, 1.165) is 6.42 Å². The molecule has 0 saturated carbocycles. The molecule has 0 aliphatic rings. The highest BCUT2D eigenvalue weighted by molar-refractivity contribution is 5.10. The topological polar surface area (TPSA) is 0 Å². The molecule has 0 rings (SSSR count). The Bertz CT molecular complexity index is 116. The molecule has 0 aliphatic carbocycles. The van der Waals surface area contributed by atoms with E-state index in [1.54, 1.807) is 5.57 Å². The summed E-state index contributed by atoms with van der Waals surface area (Å²) in [6.07, 6.45) is 6.27. The summed E-state index contributed by atoms with van der Waals surface area (Å²) in [5.41, 5.74) is 3.02. The zero-order valence-corrected chi connectivity index (χ0v) is 8.24. The number of allylic oxidation sites excluding steroid dienone is 2. The fourth-order valence-corrected chi connectivity index (χ4v) is 1.21. The van der Waals surface area contributed by atoms with E-state index in [4.69, 9.17) is 0 Å². The predicted octanol–water partition coefficient (Wildman–Crippen LogP) is 4.13. The molecule has 0 aliphatic heterocycles. The third kappa shape index (κ3) is 5.06. The van der Waals surface area contributed by atoms with Crippen molar-refractivity contribution in [1.82, 2.24) is 0 Å². The molecule has 0 nitrogen and oxygen atoms in total. The van der Waals surface area contributed by atoms with E-state index in [0.29, 0.717) is 0 Å². The average molecular weight is 153 g/mol. The quantitative estimate of drug-likeness (QED) is 0.411. The minimum absolute atomic E-state index is 0.992. The maximum absolute atomic E-state index is 3.93. The summed E-state index contributed by atoms with van der Waals surface area (Å²) in [5, 5.41) is 0. The Balaban J connectivity index is 3.63. The Hall–Kier alpha value is -0.260. The standard InChI is InChI=1S/C11H21/c1-5-7-8-9-11(6-2)10(3)4/h2,5-9H2,1,3-4H3. The largest absolute Gasteiger partial charge is 0.0772 e. The van der Waals surface area contributed by atoms with Gasteiger partial charge in [-0.05, 0) is 40.0 Å². The SMILES string of the molecule is [CH2]CC(CCCCC)=C(C)C. The average Bonchev–Trinajstić information content (AvgIpc) is 1.97. The van der Waals surface area contributed by atoms with Gasteiger partial charge in [-0.15, -0.1) is 0 Å². The van der Waals surface area contributed by atoms with Crippen molar-refractivity contribution >= 4 is 0 Å². The molecule has 0 unspecified atom stereocenters. The highest BCUT2D eigenvalue weighted by Crippen LogP contribution is 2.15. The lowest BCUT2D eigenvalue weighted by atomic mass is 10.0. The van der Waals surface area contributed by atoms with Crippen LogP contribution in [0, 0.1) is 6.92 Å². The molecule has 65 valence electrons. The van der Waals surface area contributed by atoms with Crippen LogP contribution in [0.5, 0.6) is 0 Å². The zero-order chi connectivity index (χ0) is 8.69. The Morgan fingerprint density at radius 2 is 1.82 bits per heavy atom. The zero-order valence-electron chi connectivity index (χ0n) is 8.24. The molecule has 0 heteroatoms. The molecule has 11 heavy (non-hydrogen) atoms. The lowest BCUT2D eigenvalue weighted by molar-refractivity contribution is 0.702. The first-order chi connectivity index (χ1) is 5.22. The van der Waals surface area contributed by atoms with Crippen molar-refractivity contribution in [3.63, 3.8) is 0 Å². The lowest BCUT2D eigenvalue weighted by Crippen LogP contribution is -1.85. The van der Waals surface area contributed by atoms with Crippen LogP contribution in [0.4, 0.5) is 0 Å². The monoisotopic (exact) mass is 153 g/mol. The molecule has 0 amide bonds. The van der Waals surface area contributed by atoms with Gasteiger partial charge >= 0.3 is 0 Å². The van der Waals surface area contributed by atoms with E-state index in [2.05, 4.69) is 27.7 Å². The molecule has 0 heterocycles. The molecule has 0 bridgehead atoms. The second kappa shape index (κ2) is 6.45. The lowest BCUT2D eigenvalue weighted by Gasteiger charge is -2.05. The summed E-state index contributed by atoms with van der Waals surface area (Å²) in [5.74, 6) is 0. The van der Waals surface area contributed by atoms with Gasteiger partial charge in [-0.3, -0.25) is 0 Å². The molecule has 0 aromatic rings. The van der Waals surface area contributed by atoms with Gasteiger partial charge in [0, 0.05) is 0 Å². The molecular weight excluding hydrogens is 132 g/mol. The van der Waals surface area contributed by atoms with Crippen molar-refractivity contribution < 1.29 is 0 Å². The molecule has 0 aromatic heterocycles. The van der Waals surface area contributed by atoms with Crippen LogP contribution >= 0.6 is 0 Å². The smallest absolute Gasteiger partial charge is 0.0318 e. The molecule has 1 radical (unpaired) electrons. The Morgan fingerprint density at radius 1 is 1.18 bits per heavy atom. The Morgan fingerprint density at radius 3 is 2.18 bits per heavy atom. The molecular formula is C11H21. The second-order valence-corrected chi connectivity index (χ2v) is 3.31. The van der Waals surface area contributed by atoms with Crippen LogP contribution in [0.1, 0.15) is 52.9 Å². The number of unbranched alkanes of at least 4 members (excludes halogenated alkanes) is 2. The number of hydrogen-bond acceptors (Lipinski definition) is 0. The van der Waals surface area contributed by atoms with Crippen molar-refractivity contribution in [3.8, 4) is 0 Å². The minimum atomic E-state index is 0.992. The van der Waals surface area contributed by atoms with Crippen LogP contribution in [-0.2, 0) is 0 Å². The van der Waals surface area contributed by atoms with E-state index in [9.17, 15) is 0 Å².